The van der Waals surface area contributed by atoms with Crippen molar-refractivity contribution in [3.05, 3.63) is 0 Å². The molecule has 0 aliphatic heterocycles. The van der Waals surface area contributed by atoms with Gasteiger partial charge in [0.1, 0.15) is 0 Å². The molecule has 1 unspecified atom stereocenters. The molecule has 4 nitrogen and oxygen atoms in total. The maximum atomic E-state index is 11.9. The van der Waals surface area contributed by atoms with Crippen LogP contribution in [0.25, 0.3) is 0 Å². The van der Waals surface area contributed by atoms with Gasteiger partial charge in [-0.2, -0.15) is 0 Å². The molecule has 0 radical (unpaired) electrons. The first kappa shape index (κ1) is 10.1. The van der Waals surface area contributed by atoms with E-state index in [1.807, 2.05) is 0 Å². The summed E-state index contributed by atoms with van der Waals surface area (Å²) in [6, 6.07) is 0. The quantitative estimate of drug-likeness (QED) is 0.736. The van der Waals surface area contributed by atoms with Crippen LogP contribution in [0.2, 0.25) is 0 Å². The van der Waals surface area contributed by atoms with E-state index in [-0.39, 0.29) is 11.8 Å². The molecule has 0 saturated heterocycles. The monoisotopic (exact) mass is 223 g/mol. The number of alkyl carbamates (subject to hydrolysis) is 1. The lowest BCUT2D eigenvalue weighted by Gasteiger charge is -2.20. The standard InChI is InChI=1S/C12H17NO3/c1-16-11(15)13-10(14)8-6-7-2-3-9(8)12(7)4-5-12/h7-9H,2-6H2,1H3,(H,13,14,15)/t7-,8?,9+/m1/s1. The fourth-order valence-corrected chi connectivity index (χ4v) is 4.14. The van der Waals surface area contributed by atoms with Gasteiger partial charge in [-0.15, -0.1) is 0 Å². The zero-order valence-corrected chi connectivity index (χ0v) is 9.49. The van der Waals surface area contributed by atoms with Crippen molar-refractivity contribution in [1.29, 1.82) is 0 Å². The van der Waals surface area contributed by atoms with Crippen LogP contribution in [0.15, 0.2) is 0 Å². The largest absolute Gasteiger partial charge is 0.453 e. The van der Waals surface area contributed by atoms with Crippen molar-refractivity contribution >= 4 is 12.0 Å². The van der Waals surface area contributed by atoms with Gasteiger partial charge in [0, 0.05) is 5.92 Å². The number of ether oxygens (including phenoxy) is 1. The Hall–Kier alpha value is -1.06. The lowest BCUT2D eigenvalue weighted by Crippen LogP contribution is -2.38. The summed E-state index contributed by atoms with van der Waals surface area (Å²) in [5.74, 6) is 1.21. The van der Waals surface area contributed by atoms with Crippen LogP contribution in [0, 0.1) is 23.2 Å². The van der Waals surface area contributed by atoms with E-state index < -0.39 is 6.09 Å². The summed E-state index contributed by atoms with van der Waals surface area (Å²) in [4.78, 5) is 22.9. The van der Waals surface area contributed by atoms with Crippen molar-refractivity contribution in [1.82, 2.24) is 5.32 Å². The normalized spacial score (nSPS) is 37.4. The van der Waals surface area contributed by atoms with Gasteiger partial charge in [0.2, 0.25) is 5.91 Å². The molecule has 2 bridgehead atoms. The zero-order chi connectivity index (χ0) is 11.3. The first-order valence-corrected chi connectivity index (χ1v) is 6.06. The lowest BCUT2D eigenvalue weighted by atomic mass is 9.86. The second-order valence-electron chi connectivity index (χ2n) is 5.44. The predicted molar refractivity (Wildman–Crippen MR) is 56.5 cm³/mol. The summed E-state index contributed by atoms with van der Waals surface area (Å²) < 4.78 is 4.46. The van der Waals surface area contributed by atoms with E-state index in [1.165, 1.54) is 32.8 Å². The number of hydrogen-bond donors (Lipinski definition) is 1. The van der Waals surface area contributed by atoms with E-state index >= 15 is 0 Å². The van der Waals surface area contributed by atoms with E-state index in [9.17, 15) is 9.59 Å². The van der Waals surface area contributed by atoms with Crippen LogP contribution in [-0.4, -0.2) is 19.1 Å². The Balaban J connectivity index is 1.69. The molecule has 4 heteroatoms. The van der Waals surface area contributed by atoms with Gasteiger partial charge in [0.15, 0.2) is 0 Å². The van der Waals surface area contributed by atoms with Crippen LogP contribution < -0.4 is 5.32 Å². The average Bonchev–Trinajstić information content (AvgIpc) is 2.94. The molecule has 1 N–H and O–H groups in total. The van der Waals surface area contributed by atoms with E-state index in [2.05, 4.69) is 10.1 Å². The van der Waals surface area contributed by atoms with Crippen molar-refractivity contribution in [2.24, 2.45) is 23.2 Å². The van der Waals surface area contributed by atoms with Crippen LogP contribution in [0.1, 0.15) is 32.1 Å². The van der Waals surface area contributed by atoms with Gasteiger partial charge < -0.3 is 4.74 Å². The number of rotatable bonds is 1. The van der Waals surface area contributed by atoms with Crippen LogP contribution in [0.4, 0.5) is 4.79 Å². The summed E-state index contributed by atoms with van der Waals surface area (Å²) in [5, 5.41) is 2.32. The fourth-order valence-electron chi connectivity index (χ4n) is 4.14. The van der Waals surface area contributed by atoms with Gasteiger partial charge in [0.25, 0.3) is 0 Å². The first-order chi connectivity index (χ1) is 7.67. The average molecular weight is 223 g/mol. The molecule has 3 aliphatic carbocycles. The van der Waals surface area contributed by atoms with E-state index in [4.69, 9.17) is 0 Å². The minimum Gasteiger partial charge on any atom is -0.453 e. The number of carbonyl (C=O) groups excluding carboxylic acids is 2. The Bertz CT molecular complexity index is 348. The Morgan fingerprint density at radius 3 is 2.62 bits per heavy atom. The van der Waals surface area contributed by atoms with Crippen molar-refractivity contribution in [2.75, 3.05) is 7.11 Å². The fraction of sp³-hybridized carbons (Fsp3) is 0.833. The molecule has 0 aromatic carbocycles. The Morgan fingerprint density at radius 1 is 1.31 bits per heavy atom. The Morgan fingerprint density at radius 2 is 2.06 bits per heavy atom. The molecule has 3 fully saturated rings. The zero-order valence-electron chi connectivity index (χ0n) is 9.49. The highest BCUT2D eigenvalue weighted by molar-refractivity contribution is 5.93. The van der Waals surface area contributed by atoms with Gasteiger partial charge in [-0.1, -0.05) is 0 Å². The third-order valence-electron chi connectivity index (χ3n) is 4.98. The molecule has 16 heavy (non-hydrogen) atoms. The predicted octanol–water partition coefficient (Wildman–Crippen LogP) is 1.70. The van der Waals surface area contributed by atoms with Crippen molar-refractivity contribution < 1.29 is 14.3 Å². The molecular weight excluding hydrogens is 206 g/mol. The number of hydrogen-bond acceptors (Lipinski definition) is 3. The molecule has 0 aromatic rings. The molecule has 88 valence electrons. The topological polar surface area (TPSA) is 55.4 Å². The van der Waals surface area contributed by atoms with Crippen molar-refractivity contribution in [2.45, 2.75) is 32.1 Å². The molecular formula is C12H17NO3. The summed E-state index contributed by atoms with van der Waals surface area (Å²) in [7, 11) is 1.28. The van der Waals surface area contributed by atoms with Gasteiger partial charge in [-0.05, 0) is 49.4 Å². The minimum atomic E-state index is -0.627. The third kappa shape index (κ3) is 1.22. The van der Waals surface area contributed by atoms with Crippen LogP contribution in [-0.2, 0) is 9.53 Å². The van der Waals surface area contributed by atoms with Crippen molar-refractivity contribution in [3.63, 3.8) is 0 Å². The first-order valence-electron chi connectivity index (χ1n) is 6.06. The highest BCUT2D eigenvalue weighted by Crippen LogP contribution is 2.72. The summed E-state index contributed by atoms with van der Waals surface area (Å²) in [6.07, 6.45) is 5.40. The minimum absolute atomic E-state index is 0.0559. The van der Waals surface area contributed by atoms with Crippen LogP contribution in [0.3, 0.4) is 0 Å². The van der Waals surface area contributed by atoms with E-state index in [1.54, 1.807) is 0 Å². The summed E-state index contributed by atoms with van der Waals surface area (Å²) in [5.41, 5.74) is 0.498. The maximum Gasteiger partial charge on any atom is 0.413 e. The number of nitrogens with one attached hydrogen (secondary N) is 1. The maximum absolute atomic E-state index is 11.9. The van der Waals surface area contributed by atoms with E-state index in [0.29, 0.717) is 11.3 Å². The van der Waals surface area contributed by atoms with E-state index in [0.717, 1.165) is 12.3 Å². The molecule has 3 rings (SSSR count). The van der Waals surface area contributed by atoms with Crippen LogP contribution in [0.5, 0.6) is 0 Å². The molecule has 0 heterocycles. The Labute approximate surface area is 94.7 Å². The molecule has 3 atom stereocenters. The molecule has 0 aromatic heterocycles. The second kappa shape index (κ2) is 3.22. The third-order valence-corrected chi connectivity index (χ3v) is 4.98. The summed E-state index contributed by atoms with van der Waals surface area (Å²) in [6.45, 7) is 0. The SMILES string of the molecule is COC(=O)NC(=O)C1C[C@H]2CC[C@@H]1C21CC1. The number of imide groups is 1. The van der Waals surface area contributed by atoms with Gasteiger partial charge in [-0.3, -0.25) is 10.1 Å². The van der Waals surface area contributed by atoms with Gasteiger partial charge in [0.05, 0.1) is 7.11 Å². The molecule has 2 amide bonds. The molecule has 3 aliphatic rings. The molecule has 1 spiro atoms. The van der Waals surface area contributed by atoms with Gasteiger partial charge in [-0.25, -0.2) is 4.79 Å². The highest BCUT2D eigenvalue weighted by atomic mass is 16.5. The lowest BCUT2D eigenvalue weighted by molar-refractivity contribution is -0.126. The molecule has 3 saturated carbocycles. The smallest absolute Gasteiger partial charge is 0.413 e. The van der Waals surface area contributed by atoms with Gasteiger partial charge >= 0.3 is 6.09 Å². The number of carbonyl (C=O) groups is 2. The summed E-state index contributed by atoms with van der Waals surface area (Å²) >= 11 is 0. The highest BCUT2D eigenvalue weighted by Gasteiger charge is 2.66. The van der Waals surface area contributed by atoms with Crippen molar-refractivity contribution in [3.8, 4) is 0 Å². The second-order valence-corrected chi connectivity index (χ2v) is 5.44. The Kier molecular flexibility index (Phi) is 2.03. The number of methoxy groups -OCH3 is 1. The van der Waals surface area contributed by atoms with Crippen LogP contribution >= 0.6 is 0 Å². The number of amides is 2.